The molecule has 2 aliphatic heterocycles. The van der Waals surface area contributed by atoms with Gasteiger partial charge < -0.3 is 14.4 Å². The van der Waals surface area contributed by atoms with Crippen LogP contribution in [-0.4, -0.2) is 29.7 Å². The summed E-state index contributed by atoms with van der Waals surface area (Å²) in [5.41, 5.74) is 3.81. The quantitative estimate of drug-likeness (QED) is 0.321. The molecule has 8 nitrogen and oxygen atoms in total. The van der Waals surface area contributed by atoms with E-state index in [1.54, 1.807) is 44.9 Å². The molecule has 1 amide bonds. The third-order valence-electron chi connectivity index (χ3n) is 7.33. The van der Waals surface area contributed by atoms with Crippen LogP contribution in [0.2, 0.25) is 0 Å². The molecule has 9 heteroatoms. The summed E-state index contributed by atoms with van der Waals surface area (Å²) in [6.07, 6.45) is -0.357. The van der Waals surface area contributed by atoms with Gasteiger partial charge in [0.2, 0.25) is 0 Å². The van der Waals surface area contributed by atoms with E-state index in [0.29, 0.717) is 39.5 Å². The van der Waals surface area contributed by atoms with Crippen molar-refractivity contribution in [2.24, 2.45) is 4.99 Å². The molecule has 1 aromatic heterocycles. The first kappa shape index (κ1) is 27.4. The van der Waals surface area contributed by atoms with Crippen molar-refractivity contribution in [2.45, 2.75) is 39.5 Å². The van der Waals surface area contributed by atoms with Gasteiger partial charge in [-0.2, -0.15) is 0 Å². The van der Waals surface area contributed by atoms with Crippen molar-refractivity contribution >= 4 is 34.5 Å². The van der Waals surface area contributed by atoms with Gasteiger partial charge in [-0.25, -0.2) is 9.79 Å². The van der Waals surface area contributed by atoms with Crippen LogP contribution in [0, 0.1) is 0 Å². The molecule has 42 heavy (non-hydrogen) atoms. The van der Waals surface area contributed by atoms with Crippen molar-refractivity contribution in [3.63, 3.8) is 0 Å². The number of aromatic nitrogens is 1. The molecular formula is C33H29N3O5S. The largest absolute Gasteiger partial charge is 0.497 e. The first-order valence-corrected chi connectivity index (χ1v) is 14.5. The van der Waals surface area contributed by atoms with E-state index in [4.69, 9.17) is 9.47 Å². The fraction of sp³-hybridized carbons (Fsp3) is 0.212. The second-order valence-corrected chi connectivity index (χ2v) is 11.4. The SMILES string of the molecule is COc1ccc(C2C(C(=O)OC(C)C)=C(C)N=c3sc(=C4C(=O)N(Cc5ccccc5)c5ccccc54)c(=O)n32)cc1. The van der Waals surface area contributed by atoms with Crippen molar-refractivity contribution in [3.8, 4) is 5.75 Å². The number of esters is 1. The van der Waals surface area contributed by atoms with E-state index in [-0.39, 0.29) is 27.7 Å². The summed E-state index contributed by atoms with van der Waals surface area (Å²) in [6, 6.07) is 23.7. The lowest BCUT2D eigenvalue weighted by atomic mass is 9.95. The van der Waals surface area contributed by atoms with Crippen LogP contribution in [0.5, 0.6) is 5.75 Å². The number of methoxy groups -OCH3 is 1. The average molecular weight is 580 g/mol. The van der Waals surface area contributed by atoms with E-state index >= 15 is 0 Å². The van der Waals surface area contributed by atoms with Gasteiger partial charge in [-0.15, -0.1) is 0 Å². The molecule has 0 bridgehead atoms. The summed E-state index contributed by atoms with van der Waals surface area (Å²) in [4.78, 5) is 48.6. The summed E-state index contributed by atoms with van der Waals surface area (Å²) in [7, 11) is 1.58. The molecule has 0 saturated carbocycles. The number of hydrogen-bond acceptors (Lipinski definition) is 7. The zero-order valence-electron chi connectivity index (χ0n) is 23.7. The van der Waals surface area contributed by atoms with Gasteiger partial charge in [-0.05, 0) is 50.1 Å². The molecule has 3 aromatic carbocycles. The van der Waals surface area contributed by atoms with Crippen LogP contribution < -0.4 is 24.5 Å². The molecule has 4 aromatic rings. The first-order valence-electron chi connectivity index (χ1n) is 13.6. The summed E-state index contributed by atoms with van der Waals surface area (Å²) in [6.45, 7) is 5.66. The number of carbonyl (C=O) groups excluding carboxylic acids is 2. The molecule has 212 valence electrons. The summed E-state index contributed by atoms with van der Waals surface area (Å²) < 4.78 is 12.7. The van der Waals surface area contributed by atoms with E-state index in [2.05, 4.69) is 4.99 Å². The number of carbonyl (C=O) groups is 2. The molecule has 3 heterocycles. The molecule has 0 fully saturated rings. The molecule has 0 aliphatic carbocycles. The van der Waals surface area contributed by atoms with Crippen LogP contribution in [0.3, 0.4) is 0 Å². The Morgan fingerprint density at radius 2 is 1.67 bits per heavy atom. The fourth-order valence-corrected chi connectivity index (χ4v) is 6.57. The highest BCUT2D eigenvalue weighted by atomic mass is 32.1. The third-order valence-corrected chi connectivity index (χ3v) is 8.38. The number of hydrogen-bond donors (Lipinski definition) is 0. The Morgan fingerprint density at radius 1 is 0.976 bits per heavy atom. The van der Waals surface area contributed by atoms with E-state index in [1.165, 1.54) is 4.57 Å². The normalized spacial score (nSPS) is 17.2. The number of anilines is 1. The number of allylic oxidation sites excluding steroid dienone is 1. The molecule has 0 radical (unpaired) electrons. The number of nitrogens with zero attached hydrogens (tertiary/aromatic N) is 3. The van der Waals surface area contributed by atoms with Gasteiger partial charge >= 0.3 is 5.97 Å². The Labute approximate surface area is 246 Å². The zero-order chi connectivity index (χ0) is 29.5. The maximum atomic E-state index is 14.3. The van der Waals surface area contributed by atoms with E-state index < -0.39 is 12.0 Å². The van der Waals surface area contributed by atoms with E-state index in [1.807, 2.05) is 66.7 Å². The average Bonchev–Trinajstić information content (AvgIpc) is 3.44. The number of fused-ring (bicyclic) bond motifs is 2. The lowest BCUT2D eigenvalue weighted by molar-refractivity contribution is -0.143. The molecule has 1 atom stereocenters. The fourth-order valence-electron chi connectivity index (χ4n) is 5.43. The number of ether oxygens (including phenoxy) is 2. The van der Waals surface area contributed by atoms with Crippen LogP contribution >= 0.6 is 11.3 Å². The standard InChI is InChI=1S/C33H29N3O5S/c1-19(2)41-32(39)26-20(3)34-33-36(28(26)22-14-16-23(40-4)17-15-22)31(38)29(42-33)27-24-12-8-9-13-25(24)35(30(27)37)18-21-10-6-5-7-11-21/h5-17,19,28H,18H2,1-4H3. The Balaban J connectivity index is 1.57. The van der Waals surface area contributed by atoms with Gasteiger partial charge in [0.25, 0.3) is 11.5 Å². The first-order chi connectivity index (χ1) is 20.3. The van der Waals surface area contributed by atoms with Crippen molar-refractivity contribution < 1.29 is 19.1 Å². The lowest BCUT2D eigenvalue weighted by Gasteiger charge is -2.25. The van der Waals surface area contributed by atoms with Gasteiger partial charge in [0.1, 0.15) is 10.3 Å². The lowest BCUT2D eigenvalue weighted by Crippen LogP contribution is -2.41. The van der Waals surface area contributed by atoms with Crippen LogP contribution in [0.15, 0.2) is 99.9 Å². The zero-order valence-corrected chi connectivity index (χ0v) is 24.5. The maximum absolute atomic E-state index is 14.3. The predicted molar refractivity (Wildman–Crippen MR) is 161 cm³/mol. The molecule has 1 unspecified atom stereocenters. The van der Waals surface area contributed by atoms with Crippen molar-refractivity contribution in [1.29, 1.82) is 0 Å². The Bertz CT molecular complexity index is 1920. The van der Waals surface area contributed by atoms with Gasteiger partial charge in [0.05, 0.1) is 48.3 Å². The Hall–Kier alpha value is -4.76. The molecule has 0 spiro atoms. The smallest absolute Gasteiger partial charge is 0.338 e. The molecule has 0 saturated heterocycles. The maximum Gasteiger partial charge on any atom is 0.338 e. The van der Waals surface area contributed by atoms with Crippen LogP contribution in [0.1, 0.15) is 43.5 Å². The van der Waals surface area contributed by atoms with Crippen molar-refractivity contribution in [2.75, 3.05) is 12.0 Å². The third kappa shape index (κ3) is 4.65. The number of rotatable bonds is 6. The second kappa shape index (κ2) is 10.9. The minimum atomic E-state index is -0.792. The van der Waals surface area contributed by atoms with E-state index in [9.17, 15) is 14.4 Å². The summed E-state index contributed by atoms with van der Waals surface area (Å²) >= 11 is 1.16. The van der Waals surface area contributed by atoms with Gasteiger partial charge in [-0.1, -0.05) is 72.0 Å². The van der Waals surface area contributed by atoms with E-state index in [0.717, 1.165) is 22.6 Å². The molecular weight excluding hydrogens is 550 g/mol. The van der Waals surface area contributed by atoms with Crippen LogP contribution in [0.25, 0.3) is 5.57 Å². The minimum absolute atomic E-state index is 0.249. The number of thiazole rings is 1. The highest BCUT2D eigenvalue weighted by Gasteiger charge is 2.37. The van der Waals surface area contributed by atoms with Gasteiger partial charge in [0, 0.05) is 5.56 Å². The highest BCUT2D eigenvalue weighted by Crippen LogP contribution is 2.37. The molecule has 6 rings (SSSR count). The topological polar surface area (TPSA) is 90.2 Å². The summed E-state index contributed by atoms with van der Waals surface area (Å²) in [5.74, 6) is -0.144. The highest BCUT2D eigenvalue weighted by molar-refractivity contribution is 7.07. The number of para-hydroxylation sites is 1. The van der Waals surface area contributed by atoms with Crippen molar-refractivity contribution in [1.82, 2.24) is 4.57 Å². The Morgan fingerprint density at radius 3 is 2.36 bits per heavy atom. The van der Waals surface area contributed by atoms with Crippen LogP contribution in [-0.2, 0) is 20.9 Å². The Kier molecular flexibility index (Phi) is 7.12. The van der Waals surface area contributed by atoms with Gasteiger partial charge in [-0.3, -0.25) is 14.2 Å². The van der Waals surface area contributed by atoms with Crippen LogP contribution in [0.4, 0.5) is 5.69 Å². The minimum Gasteiger partial charge on any atom is -0.497 e. The predicted octanol–water partition coefficient (Wildman–Crippen LogP) is 4.11. The second-order valence-electron chi connectivity index (χ2n) is 10.4. The molecule has 2 aliphatic rings. The molecule has 0 N–H and O–H groups in total. The summed E-state index contributed by atoms with van der Waals surface area (Å²) in [5, 5.41) is 0. The number of benzene rings is 3. The van der Waals surface area contributed by atoms with Crippen molar-refractivity contribution in [3.05, 3.63) is 127 Å². The monoisotopic (exact) mass is 579 g/mol. The van der Waals surface area contributed by atoms with Gasteiger partial charge in [0.15, 0.2) is 4.80 Å². The number of amides is 1.